The Balaban J connectivity index is 2.24. The lowest BCUT2D eigenvalue weighted by atomic mass is 10.00. The van der Waals surface area contributed by atoms with Gasteiger partial charge in [0, 0.05) is 19.4 Å². The molecular formula is C16H18BrFO6. The third-order valence-corrected chi connectivity index (χ3v) is 4.15. The molecule has 5 atom stereocenters. The number of hydrogen-bond acceptors (Lipinski definition) is 6. The fourth-order valence-corrected chi connectivity index (χ4v) is 2.94. The molecule has 0 unspecified atom stereocenters. The summed E-state index contributed by atoms with van der Waals surface area (Å²) in [4.78, 5) is 23.6. The van der Waals surface area contributed by atoms with Gasteiger partial charge in [0.05, 0.1) is 5.56 Å². The molecule has 24 heavy (non-hydrogen) atoms. The zero-order valence-corrected chi connectivity index (χ0v) is 14.8. The third-order valence-electron chi connectivity index (χ3n) is 3.51. The second-order valence-electron chi connectivity index (χ2n) is 5.19. The summed E-state index contributed by atoms with van der Waals surface area (Å²) < 4.78 is 35.4. The van der Waals surface area contributed by atoms with E-state index in [2.05, 4.69) is 15.9 Å². The van der Waals surface area contributed by atoms with Crippen LogP contribution >= 0.6 is 15.9 Å². The first-order chi connectivity index (χ1) is 11.5. The van der Waals surface area contributed by atoms with Crippen LogP contribution in [0, 0.1) is 0 Å². The SMILES string of the molecule is CO[C@H]1O[C@H](CBr)[C@@H](OC(=O)c2ccccc2)[C@@H](OC(C)=O)[C@H]1F. The van der Waals surface area contributed by atoms with E-state index in [0.717, 1.165) is 6.92 Å². The van der Waals surface area contributed by atoms with E-state index in [1.165, 1.54) is 7.11 Å². The summed E-state index contributed by atoms with van der Waals surface area (Å²) in [6.45, 7) is 1.16. The maximum Gasteiger partial charge on any atom is 0.338 e. The van der Waals surface area contributed by atoms with Gasteiger partial charge in [-0.15, -0.1) is 0 Å². The van der Waals surface area contributed by atoms with E-state index in [9.17, 15) is 14.0 Å². The molecule has 0 radical (unpaired) electrons. The van der Waals surface area contributed by atoms with Crippen LogP contribution in [0.2, 0.25) is 0 Å². The molecule has 0 amide bonds. The lowest BCUT2D eigenvalue weighted by Crippen LogP contribution is -2.59. The second-order valence-corrected chi connectivity index (χ2v) is 5.83. The molecule has 0 aromatic heterocycles. The maximum atomic E-state index is 14.6. The van der Waals surface area contributed by atoms with Crippen molar-refractivity contribution in [2.75, 3.05) is 12.4 Å². The molecule has 0 N–H and O–H groups in total. The van der Waals surface area contributed by atoms with Gasteiger partial charge in [-0.3, -0.25) is 4.79 Å². The molecule has 1 saturated heterocycles. The molecule has 132 valence electrons. The molecule has 0 saturated carbocycles. The quantitative estimate of drug-likeness (QED) is 0.553. The van der Waals surface area contributed by atoms with Crippen molar-refractivity contribution in [2.45, 2.75) is 37.7 Å². The van der Waals surface area contributed by atoms with Crippen LogP contribution in [0.15, 0.2) is 30.3 Å². The second kappa shape index (κ2) is 8.55. The standard InChI is InChI=1S/C16H18BrFO6/c1-9(19)22-14-12(18)16(21-2)23-11(8-17)13(14)24-15(20)10-6-4-3-5-7-10/h3-7,11-14,16H,8H2,1-2H3/t11-,12-,13-,14+,16+/m1/s1. The predicted octanol–water partition coefficient (Wildman–Crippen LogP) is 2.25. The minimum atomic E-state index is -1.79. The Morgan fingerprint density at radius 3 is 2.42 bits per heavy atom. The number of halogens is 2. The van der Waals surface area contributed by atoms with Crippen molar-refractivity contribution in [2.24, 2.45) is 0 Å². The maximum absolute atomic E-state index is 14.6. The van der Waals surface area contributed by atoms with E-state index < -0.39 is 42.7 Å². The molecule has 1 heterocycles. The topological polar surface area (TPSA) is 71.1 Å². The van der Waals surface area contributed by atoms with Crippen molar-refractivity contribution in [1.29, 1.82) is 0 Å². The van der Waals surface area contributed by atoms with Crippen molar-refractivity contribution in [3.05, 3.63) is 35.9 Å². The highest BCUT2D eigenvalue weighted by molar-refractivity contribution is 9.09. The first-order valence-corrected chi connectivity index (χ1v) is 8.41. The fraction of sp³-hybridized carbons (Fsp3) is 0.500. The first kappa shape index (κ1) is 18.8. The van der Waals surface area contributed by atoms with Gasteiger partial charge in [-0.05, 0) is 12.1 Å². The highest BCUT2D eigenvalue weighted by Gasteiger charge is 2.50. The lowest BCUT2D eigenvalue weighted by molar-refractivity contribution is -0.272. The first-order valence-electron chi connectivity index (χ1n) is 7.29. The lowest BCUT2D eigenvalue weighted by Gasteiger charge is -2.41. The van der Waals surface area contributed by atoms with Gasteiger partial charge in [-0.25, -0.2) is 9.18 Å². The number of ether oxygens (including phenoxy) is 4. The Bertz CT molecular complexity index is 569. The van der Waals surface area contributed by atoms with E-state index in [-0.39, 0.29) is 5.33 Å². The number of rotatable bonds is 5. The molecule has 1 aliphatic heterocycles. The van der Waals surface area contributed by atoms with E-state index in [1.807, 2.05) is 0 Å². The minimum absolute atomic E-state index is 0.240. The molecule has 8 heteroatoms. The van der Waals surface area contributed by atoms with E-state index >= 15 is 0 Å². The van der Waals surface area contributed by atoms with Crippen molar-refractivity contribution >= 4 is 27.9 Å². The number of hydrogen-bond donors (Lipinski definition) is 0. The summed E-state index contributed by atoms with van der Waals surface area (Å²) in [6.07, 6.45) is -6.18. The van der Waals surface area contributed by atoms with Crippen LogP contribution in [0.25, 0.3) is 0 Å². The molecule has 0 aliphatic carbocycles. The van der Waals surface area contributed by atoms with Crippen LogP contribution in [-0.4, -0.2) is 55.2 Å². The summed E-state index contributed by atoms with van der Waals surface area (Å²) in [5.41, 5.74) is 0.302. The highest BCUT2D eigenvalue weighted by Crippen LogP contribution is 2.30. The molecule has 1 aromatic rings. The fourth-order valence-electron chi connectivity index (χ4n) is 2.41. The predicted molar refractivity (Wildman–Crippen MR) is 85.6 cm³/mol. The molecule has 1 aromatic carbocycles. The zero-order valence-electron chi connectivity index (χ0n) is 13.2. The Morgan fingerprint density at radius 2 is 1.88 bits per heavy atom. The largest absolute Gasteiger partial charge is 0.455 e. The average molecular weight is 405 g/mol. The molecule has 1 fully saturated rings. The van der Waals surface area contributed by atoms with Crippen LogP contribution in [-0.2, 0) is 23.7 Å². The Hall–Kier alpha value is -1.51. The van der Waals surface area contributed by atoms with Crippen LogP contribution in [0.5, 0.6) is 0 Å². The van der Waals surface area contributed by atoms with Gasteiger partial charge >= 0.3 is 11.9 Å². The summed E-state index contributed by atoms with van der Waals surface area (Å²) in [5, 5.41) is 0.240. The number of alkyl halides is 2. The van der Waals surface area contributed by atoms with Gasteiger partial charge in [-0.1, -0.05) is 34.1 Å². The van der Waals surface area contributed by atoms with Gasteiger partial charge in [0.2, 0.25) is 0 Å². The number of carbonyl (C=O) groups is 2. The van der Waals surface area contributed by atoms with Crippen molar-refractivity contribution in [3.8, 4) is 0 Å². The van der Waals surface area contributed by atoms with Crippen molar-refractivity contribution in [3.63, 3.8) is 0 Å². The minimum Gasteiger partial charge on any atom is -0.455 e. The molecule has 0 spiro atoms. The van der Waals surface area contributed by atoms with Gasteiger partial charge in [0.25, 0.3) is 0 Å². The Morgan fingerprint density at radius 1 is 1.21 bits per heavy atom. The average Bonchev–Trinajstić information content (AvgIpc) is 2.58. The van der Waals surface area contributed by atoms with Crippen LogP contribution in [0.1, 0.15) is 17.3 Å². The number of methoxy groups -OCH3 is 1. The van der Waals surface area contributed by atoms with Gasteiger partial charge in [-0.2, -0.15) is 0 Å². The molecule has 0 bridgehead atoms. The van der Waals surface area contributed by atoms with Crippen LogP contribution < -0.4 is 0 Å². The van der Waals surface area contributed by atoms with Gasteiger partial charge < -0.3 is 18.9 Å². The molecule has 6 nitrogen and oxygen atoms in total. The number of carbonyl (C=O) groups excluding carboxylic acids is 2. The van der Waals surface area contributed by atoms with E-state index in [1.54, 1.807) is 30.3 Å². The molecule has 2 rings (SSSR count). The summed E-state index contributed by atoms with van der Waals surface area (Å²) >= 11 is 3.23. The van der Waals surface area contributed by atoms with Crippen LogP contribution in [0.3, 0.4) is 0 Å². The van der Waals surface area contributed by atoms with Gasteiger partial charge in [0.15, 0.2) is 24.7 Å². The molecule has 1 aliphatic rings. The zero-order chi connectivity index (χ0) is 17.7. The smallest absolute Gasteiger partial charge is 0.338 e. The van der Waals surface area contributed by atoms with Crippen molar-refractivity contribution < 1.29 is 32.9 Å². The van der Waals surface area contributed by atoms with Gasteiger partial charge in [0.1, 0.15) is 6.10 Å². The number of benzene rings is 1. The summed E-state index contributed by atoms with van der Waals surface area (Å²) in [6, 6.07) is 8.25. The van der Waals surface area contributed by atoms with Crippen LogP contribution in [0.4, 0.5) is 4.39 Å². The number of esters is 2. The highest BCUT2D eigenvalue weighted by atomic mass is 79.9. The Labute approximate surface area is 147 Å². The van der Waals surface area contributed by atoms with E-state index in [4.69, 9.17) is 18.9 Å². The van der Waals surface area contributed by atoms with Crippen molar-refractivity contribution in [1.82, 2.24) is 0 Å². The normalized spacial score (nSPS) is 29.8. The monoisotopic (exact) mass is 404 g/mol. The third kappa shape index (κ3) is 4.31. The molecular weight excluding hydrogens is 387 g/mol. The van der Waals surface area contributed by atoms with E-state index in [0.29, 0.717) is 5.56 Å². The Kier molecular flexibility index (Phi) is 6.70. The summed E-state index contributed by atoms with van der Waals surface area (Å²) in [5.74, 6) is -1.34. The summed E-state index contributed by atoms with van der Waals surface area (Å²) in [7, 11) is 1.28.